The van der Waals surface area contributed by atoms with Crippen molar-refractivity contribution in [2.45, 2.75) is 37.0 Å². The molecule has 1 saturated heterocycles. The topological polar surface area (TPSA) is 182 Å². The number of carboxylic acids is 1. The number of rotatable bonds is 9. The molecule has 1 aliphatic heterocycles. The first-order valence-corrected chi connectivity index (χ1v) is 8.62. The van der Waals surface area contributed by atoms with E-state index < -0.39 is 61.1 Å². The summed E-state index contributed by atoms with van der Waals surface area (Å²) in [5, 5.41) is 32.2. The van der Waals surface area contributed by atoms with Crippen LogP contribution in [0.2, 0.25) is 0 Å². The molecule has 0 saturated carbocycles. The molecule has 0 aliphatic carbocycles. The number of aliphatic hydroxyl groups is 2. The van der Waals surface area contributed by atoms with E-state index in [2.05, 4.69) is 23.3 Å². The van der Waals surface area contributed by atoms with Crippen molar-refractivity contribution in [2.24, 2.45) is 5.73 Å². The third-order valence-corrected chi connectivity index (χ3v) is 4.36. The first-order chi connectivity index (χ1) is 12.3. The van der Waals surface area contributed by atoms with E-state index in [1.165, 1.54) is 0 Å². The Morgan fingerprint density at radius 2 is 1.69 bits per heavy atom. The van der Waals surface area contributed by atoms with E-state index in [9.17, 15) is 29.4 Å². The molecule has 0 spiro atoms. The van der Waals surface area contributed by atoms with Gasteiger partial charge in [-0.15, -0.1) is 0 Å². The minimum Gasteiger partial charge on any atom is -0.480 e. The molecule has 1 heterocycles. The lowest BCUT2D eigenvalue weighted by atomic mass is 10.2. The molecule has 4 atom stereocenters. The van der Waals surface area contributed by atoms with Crippen LogP contribution in [0.15, 0.2) is 0 Å². The van der Waals surface area contributed by atoms with Crippen LogP contribution in [0.1, 0.15) is 12.8 Å². The molecule has 0 aromatic carbocycles. The number of aliphatic hydroxyl groups excluding tert-OH is 2. The molecule has 7 N–H and O–H groups in total. The van der Waals surface area contributed by atoms with Gasteiger partial charge in [0.2, 0.25) is 17.7 Å². The van der Waals surface area contributed by atoms with Gasteiger partial charge in [0.05, 0.1) is 19.3 Å². The second-order valence-electron chi connectivity index (χ2n) is 5.80. The van der Waals surface area contributed by atoms with Gasteiger partial charge in [0.1, 0.15) is 18.1 Å². The van der Waals surface area contributed by atoms with Gasteiger partial charge in [-0.3, -0.25) is 14.4 Å². The van der Waals surface area contributed by atoms with Crippen LogP contribution >= 0.6 is 12.6 Å². The number of nitrogens with two attached hydrogens (primary N) is 1. The Bertz CT molecular complexity index is 547. The first-order valence-electron chi connectivity index (χ1n) is 7.99. The molecule has 1 aliphatic rings. The molecular formula is C14H24N4O7S. The highest BCUT2D eigenvalue weighted by molar-refractivity contribution is 7.80. The number of hydrogen-bond donors (Lipinski definition) is 7. The maximum Gasteiger partial charge on any atom is 0.326 e. The summed E-state index contributed by atoms with van der Waals surface area (Å²) in [6.07, 6.45) is 0.774. The minimum absolute atomic E-state index is 0.0227. The van der Waals surface area contributed by atoms with Gasteiger partial charge < -0.3 is 36.6 Å². The third kappa shape index (κ3) is 5.56. The van der Waals surface area contributed by atoms with Crippen molar-refractivity contribution in [3.63, 3.8) is 0 Å². The second kappa shape index (κ2) is 10.3. The fraction of sp³-hybridized carbons (Fsp3) is 0.714. The quantitative estimate of drug-likeness (QED) is 0.195. The predicted molar refractivity (Wildman–Crippen MR) is 92.2 cm³/mol. The van der Waals surface area contributed by atoms with Gasteiger partial charge in [-0.05, 0) is 12.8 Å². The Kier molecular flexibility index (Phi) is 8.78. The van der Waals surface area contributed by atoms with Crippen LogP contribution in [-0.2, 0) is 19.2 Å². The van der Waals surface area contributed by atoms with E-state index >= 15 is 0 Å². The van der Waals surface area contributed by atoms with Crippen LogP contribution < -0.4 is 16.4 Å². The molecule has 0 radical (unpaired) electrons. The highest BCUT2D eigenvalue weighted by Crippen LogP contribution is 2.18. The van der Waals surface area contributed by atoms with Gasteiger partial charge >= 0.3 is 5.97 Å². The summed E-state index contributed by atoms with van der Waals surface area (Å²) in [7, 11) is 0. The molecule has 0 aromatic rings. The third-order valence-electron chi connectivity index (χ3n) is 3.97. The number of carbonyl (C=O) groups excluding carboxylic acids is 3. The summed E-state index contributed by atoms with van der Waals surface area (Å²) < 4.78 is 0. The SMILES string of the molecule is NC(CS)C(=O)NC(CO)C(=O)NC(CO)C(=O)N1CCCC1C(=O)O. The lowest BCUT2D eigenvalue weighted by Gasteiger charge is -2.27. The Labute approximate surface area is 155 Å². The van der Waals surface area contributed by atoms with E-state index in [0.717, 1.165) is 4.90 Å². The molecule has 148 valence electrons. The zero-order valence-corrected chi connectivity index (χ0v) is 14.9. The fourth-order valence-corrected chi connectivity index (χ4v) is 2.67. The van der Waals surface area contributed by atoms with Crippen LogP contribution in [0.3, 0.4) is 0 Å². The van der Waals surface area contributed by atoms with Crippen LogP contribution in [-0.4, -0.2) is 93.6 Å². The van der Waals surface area contributed by atoms with Crippen molar-refractivity contribution in [3.05, 3.63) is 0 Å². The zero-order valence-electron chi connectivity index (χ0n) is 14.0. The lowest BCUT2D eigenvalue weighted by molar-refractivity contribution is -0.150. The fourth-order valence-electron chi connectivity index (χ4n) is 2.50. The van der Waals surface area contributed by atoms with Crippen molar-refractivity contribution in [3.8, 4) is 0 Å². The number of amides is 3. The van der Waals surface area contributed by atoms with Crippen molar-refractivity contribution in [1.29, 1.82) is 0 Å². The van der Waals surface area contributed by atoms with Crippen molar-refractivity contribution in [2.75, 3.05) is 25.5 Å². The average molecular weight is 392 g/mol. The summed E-state index contributed by atoms with van der Waals surface area (Å²) in [6.45, 7) is -1.33. The number of carbonyl (C=O) groups is 4. The summed E-state index contributed by atoms with van der Waals surface area (Å²) in [5.41, 5.74) is 5.46. The van der Waals surface area contributed by atoms with Gasteiger partial charge in [-0.2, -0.15) is 12.6 Å². The summed E-state index contributed by atoms with van der Waals surface area (Å²) in [5.74, 6) is -3.52. The molecule has 11 nitrogen and oxygen atoms in total. The number of hydrogen-bond acceptors (Lipinski definition) is 8. The number of carboxylic acid groups (broad SMARTS) is 1. The standard InChI is InChI=1S/C14H24N4O7S/c15-7(6-26)11(21)16-8(4-19)12(22)17-9(5-20)13(23)18-3-1-2-10(18)14(24)25/h7-10,19-20,26H,1-6,15H2,(H,16,21)(H,17,22)(H,24,25). The van der Waals surface area contributed by atoms with E-state index in [-0.39, 0.29) is 18.7 Å². The van der Waals surface area contributed by atoms with Crippen molar-refractivity contribution < 1.29 is 34.5 Å². The molecule has 1 fully saturated rings. The molecule has 4 unspecified atom stereocenters. The van der Waals surface area contributed by atoms with Crippen LogP contribution in [0.5, 0.6) is 0 Å². The normalized spacial score (nSPS) is 20.2. The van der Waals surface area contributed by atoms with Gasteiger partial charge in [0.25, 0.3) is 0 Å². The Balaban J connectivity index is 2.75. The minimum atomic E-state index is -1.40. The highest BCUT2D eigenvalue weighted by Gasteiger charge is 2.38. The Hall–Kier alpha value is -1.89. The van der Waals surface area contributed by atoms with E-state index in [1.54, 1.807) is 0 Å². The highest BCUT2D eigenvalue weighted by atomic mass is 32.1. The number of likely N-dealkylation sites (tertiary alicyclic amines) is 1. The largest absolute Gasteiger partial charge is 0.480 e. The van der Waals surface area contributed by atoms with E-state index in [0.29, 0.717) is 6.42 Å². The molecule has 0 bridgehead atoms. The summed E-state index contributed by atoms with van der Waals surface area (Å²) in [4.78, 5) is 48.6. The zero-order chi connectivity index (χ0) is 19.9. The number of nitrogens with zero attached hydrogens (tertiary/aromatic N) is 1. The first kappa shape index (κ1) is 22.2. The Morgan fingerprint density at radius 3 is 2.19 bits per heavy atom. The number of aliphatic carboxylic acids is 1. The van der Waals surface area contributed by atoms with Gasteiger partial charge in [-0.25, -0.2) is 4.79 Å². The number of thiol groups is 1. The van der Waals surface area contributed by atoms with Gasteiger partial charge in [-0.1, -0.05) is 0 Å². The van der Waals surface area contributed by atoms with Crippen LogP contribution in [0.25, 0.3) is 0 Å². The summed E-state index contributed by atoms with van der Waals surface area (Å²) in [6, 6.07) is -4.79. The number of nitrogens with one attached hydrogen (secondary N) is 2. The summed E-state index contributed by atoms with van der Waals surface area (Å²) >= 11 is 3.85. The van der Waals surface area contributed by atoms with Gasteiger partial charge in [0, 0.05) is 12.3 Å². The van der Waals surface area contributed by atoms with E-state index in [1.807, 2.05) is 0 Å². The lowest BCUT2D eigenvalue weighted by Crippen LogP contribution is -2.59. The smallest absolute Gasteiger partial charge is 0.326 e. The predicted octanol–water partition coefficient (Wildman–Crippen LogP) is -3.73. The Morgan fingerprint density at radius 1 is 1.12 bits per heavy atom. The maximum atomic E-state index is 12.4. The molecule has 3 amide bonds. The van der Waals surface area contributed by atoms with E-state index in [4.69, 9.17) is 10.8 Å². The van der Waals surface area contributed by atoms with Crippen molar-refractivity contribution in [1.82, 2.24) is 15.5 Å². The maximum absolute atomic E-state index is 12.4. The molecule has 26 heavy (non-hydrogen) atoms. The van der Waals surface area contributed by atoms with Gasteiger partial charge in [0.15, 0.2) is 0 Å². The molecular weight excluding hydrogens is 368 g/mol. The average Bonchev–Trinajstić information content (AvgIpc) is 3.12. The molecule has 1 rings (SSSR count). The van der Waals surface area contributed by atoms with Crippen molar-refractivity contribution >= 4 is 36.3 Å². The van der Waals surface area contributed by atoms with Crippen LogP contribution in [0, 0.1) is 0 Å². The second-order valence-corrected chi connectivity index (χ2v) is 6.17. The molecule has 12 heteroatoms. The monoisotopic (exact) mass is 392 g/mol. The van der Waals surface area contributed by atoms with Crippen LogP contribution in [0.4, 0.5) is 0 Å². The molecule has 0 aromatic heterocycles.